The van der Waals surface area contributed by atoms with Crippen LogP contribution >= 0.6 is 0 Å². The van der Waals surface area contributed by atoms with Gasteiger partial charge in [-0.2, -0.15) is 0 Å². The highest BCUT2D eigenvalue weighted by atomic mass is 14.9. The maximum atomic E-state index is 5.81. The standard InChI is InChI=1S/C15H26N2/c1-5-12-6-8-13(9-7-12)14(17-4)10-15(2,3)11-16/h6-9,14,17H,5,10-11,16H2,1-4H3. The maximum Gasteiger partial charge on any atom is 0.0323 e. The van der Waals surface area contributed by atoms with Crippen LogP contribution in [-0.4, -0.2) is 13.6 Å². The molecule has 0 spiro atoms. The third-order valence-corrected chi connectivity index (χ3v) is 3.45. The lowest BCUT2D eigenvalue weighted by Gasteiger charge is -2.28. The second-order valence-corrected chi connectivity index (χ2v) is 5.51. The summed E-state index contributed by atoms with van der Waals surface area (Å²) in [4.78, 5) is 0. The van der Waals surface area contributed by atoms with Crippen LogP contribution < -0.4 is 11.1 Å². The Labute approximate surface area is 106 Å². The van der Waals surface area contributed by atoms with Crippen molar-refractivity contribution in [1.82, 2.24) is 5.32 Å². The average molecular weight is 234 g/mol. The molecule has 0 radical (unpaired) electrons. The van der Waals surface area contributed by atoms with Gasteiger partial charge >= 0.3 is 0 Å². The van der Waals surface area contributed by atoms with E-state index in [2.05, 4.69) is 50.4 Å². The van der Waals surface area contributed by atoms with Crippen LogP contribution in [0.1, 0.15) is 44.4 Å². The van der Waals surface area contributed by atoms with Crippen molar-refractivity contribution in [2.45, 2.75) is 39.7 Å². The summed E-state index contributed by atoms with van der Waals surface area (Å²) in [6.45, 7) is 7.34. The van der Waals surface area contributed by atoms with E-state index < -0.39 is 0 Å². The first-order chi connectivity index (χ1) is 8.02. The van der Waals surface area contributed by atoms with Crippen LogP contribution in [0.25, 0.3) is 0 Å². The summed E-state index contributed by atoms with van der Waals surface area (Å²) in [5.41, 5.74) is 8.73. The molecule has 0 aliphatic rings. The molecule has 0 aliphatic carbocycles. The number of hydrogen-bond donors (Lipinski definition) is 2. The van der Waals surface area contributed by atoms with Crippen LogP contribution in [0.3, 0.4) is 0 Å². The SMILES string of the molecule is CCc1ccc(C(CC(C)(C)CN)NC)cc1. The molecule has 0 heterocycles. The monoisotopic (exact) mass is 234 g/mol. The Morgan fingerprint density at radius 3 is 2.24 bits per heavy atom. The summed E-state index contributed by atoms with van der Waals surface area (Å²) >= 11 is 0. The lowest BCUT2D eigenvalue weighted by atomic mass is 9.83. The summed E-state index contributed by atoms with van der Waals surface area (Å²) in [6, 6.07) is 9.28. The zero-order chi connectivity index (χ0) is 12.9. The van der Waals surface area contributed by atoms with E-state index in [9.17, 15) is 0 Å². The Kier molecular flexibility index (Phi) is 5.16. The fourth-order valence-corrected chi connectivity index (χ4v) is 2.01. The number of nitrogens with two attached hydrogens (primary N) is 1. The number of rotatable bonds is 6. The Hall–Kier alpha value is -0.860. The first-order valence-electron chi connectivity index (χ1n) is 6.48. The lowest BCUT2D eigenvalue weighted by Crippen LogP contribution is -2.30. The van der Waals surface area contributed by atoms with Crippen LogP contribution in [0.5, 0.6) is 0 Å². The molecule has 0 fully saturated rings. The van der Waals surface area contributed by atoms with Gasteiger partial charge in [-0.25, -0.2) is 0 Å². The highest BCUT2D eigenvalue weighted by molar-refractivity contribution is 5.25. The average Bonchev–Trinajstić information content (AvgIpc) is 2.36. The van der Waals surface area contributed by atoms with Gasteiger partial charge in [0.15, 0.2) is 0 Å². The van der Waals surface area contributed by atoms with Gasteiger partial charge in [0.2, 0.25) is 0 Å². The maximum absolute atomic E-state index is 5.81. The molecular weight excluding hydrogens is 208 g/mol. The molecule has 1 atom stereocenters. The minimum atomic E-state index is 0.178. The van der Waals surface area contributed by atoms with Crippen LogP contribution in [0.2, 0.25) is 0 Å². The first kappa shape index (κ1) is 14.2. The van der Waals surface area contributed by atoms with Crippen molar-refractivity contribution in [3.05, 3.63) is 35.4 Å². The van der Waals surface area contributed by atoms with E-state index >= 15 is 0 Å². The predicted octanol–water partition coefficient (Wildman–Crippen LogP) is 2.88. The number of aryl methyl sites for hydroxylation is 1. The molecule has 0 bridgehead atoms. The number of nitrogens with one attached hydrogen (secondary N) is 1. The molecule has 96 valence electrons. The molecule has 17 heavy (non-hydrogen) atoms. The van der Waals surface area contributed by atoms with E-state index in [0.29, 0.717) is 6.04 Å². The summed E-state index contributed by atoms with van der Waals surface area (Å²) in [5.74, 6) is 0. The van der Waals surface area contributed by atoms with Crippen LogP contribution in [0.15, 0.2) is 24.3 Å². The van der Waals surface area contributed by atoms with Gasteiger partial charge in [-0.15, -0.1) is 0 Å². The predicted molar refractivity (Wildman–Crippen MR) is 75.1 cm³/mol. The fraction of sp³-hybridized carbons (Fsp3) is 0.600. The minimum Gasteiger partial charge on any atom is -0.330 e. The first-order valence-corrected chi connectivity index (χ1v) is 6.48. The molecule has 1 aromatic carbocycles. The second-order valence-electron chi connectivity index (χ2n) is 5.51. The molecule has 0 amide bonds. The van der Waals surface area contributed by atoms with Gasteiger partial charge in [0, 0.05) is 6.04 Å². The fourth-order valence-electron chi connectivity index (χ4n) is 2.01. The van der Waals surface area contributed by atoms with Gasteiger partial charge in [0.25, 0.3) is 0 Å². The van der Waals surface area contributed by atoms with Crippen LogP contribution in [-0.2, 0) is 6.42 Å². The second kappa shape index (κ2) is 6.18. The molecular formula is C15H26N2. The Bertz CT molecular complexity index is 327. The molecule has 0 aliphatic heterocycles. The van der Waals surface area contributed by atoms with Crippen molar-refractivity contribution >= 4 is 0 Å². The third-order valence-electron chi connectivity index (χ3n) is 3.45. The van der Waals surface area contributed by atoms with E-state index in [1.807, 2.05) is 7.05 Å². The summed E-state index contributed by atoms with van der Waals surface area (Å²) in [5, 5.41) is 3.39. The number of benzene rings is 1. The lowest BCUT2D eigenvalue weighted by molar-refractivity contribution is 0.299. The van der Waals surface area contributed by atoms with Crippen LogP contribution in [0.4, 0.5) is 0 Å². The van der Waals surface area contributed by atoms with Gasteiger partial charge in [-0.05, 0) is 43.0 Å². The van der Waals surface area contributed by atoms with E-state index in [1.165, 1.54) is 11.1 Å². The van der Waals surface area contributed by atoms with Crippen LogP contribution in [0, 0.1) is 5.41 Å². The molecule has 0 saturated heterocycles. The highest BCUT2D eigenvalue weighted by Gasteiger charge is 2.21. The topological polar surface area (TPSA) is 38.0 Å². The van der Waals surface area contributed by atoms with Gasteiger partial charge in [-0.3, -0.25) is 0 Å². The zero-order valence-corrected chi connectivity index (χ0v) is 11.6. The summed E-state index contributed by atoms with van der Waals surface area (Å²) < 4.78 is 0. The van der Waals surface area contributed by atoms with Crippen molar-refractivity contribution < 1.29 is 0 Å². The Balaban J connectivity index is 2.79. The Morgan fingerprint density at radius 2 is 1.82 bits per heavy atom. The smallest absolute Gasteiger partial charge is 0.0323 e. The van der Waals surface area contributed by atoms with Crippen molar-refractivity contribution in [2.24, 2.45) is 11.1 Å². The molecule has 3 N–H and O–H groups in total. The molecule has 0 saturated carbocycles. The highest BCUT2D eigenvalue weighted by Crippen LogP contribution is 2.28. The van der Waals surface area contributed by atoms with Gasteiger partial charge in [0.1, 0.15) is 0 Å². The van der Waals surface area contributed by atoms with E-state index in [4.69, 9.17) is 5.73 Å². The quantitative estimate of drug-likeness (QED) is 0.794. The number of hydrogen-bond acceptors (Lipinski definition) is 2. The van der Waals surface area contributed by atoms with Gasteiger partial charge in [-0.1, -0.05) is 45.0 Å². The molecule has 2 nitrogen and oxygen atoms in total. The molecule has 0 aromatic heterocycles. The normalized spacial score (nSPS) is 13.7. The van der Waals surface area contributed by atoms with Crippen molar-refractivity contribution in [3.63, 3.8) is 0 Å². The summed E-state index contributed by atoms with van der Waals surface area (Å²) in [7, 11) is 2.02. The molecule has 1 aromatic rings. The molecule has 2 heteroatoms. The Morgan fingerprint density at radius 1 is 1.24 bits per heavy atom. The third kappa shape index (κ3) is 4.14. The van der Waals surface area contributed by atoms with E-state index in [-0.39, 0.29) is 5.41 Å². The molecule has 1 rings (SSSR count). The molecule has 1 unspecified atom stereocenters. The zero-order valence-electron chi connectivity index (χ0n) is 11.6. The minimum absolute atomic E-state index is 0.178. The summed E-state index contributed by atoms with van der Waals surface area (Å²) in [6.07, 6.45) is 2.16. The van der Waals surface area contributed by atoms with Gasteiger partial charge < -0.3 is 11.1 Å². The largest absolute Gasteiger partial charge is 0.330 e. The van der Waals surface area contributed by atoms with Crippen molar-refractivity contribution in [3.8, 4) is 0 Å². The van der Waals surface area contributed by atoms with E-state index in [0.717, 1.165) is 19.4 Å². The van der Waals surface area contributed by atoms with Crippen molar-refractivity contribution in [1.29, 1.82) is 0 Å². The van der Waals surface area contributed by atoms with E-state index in [1.54, 1.807) is 0 Å². The van der Waals surface area contributed by atoms with Crippen molar-refractivity contribution in [2.75, 3.05) is 13.6 Å². The van der Waals surface area contributed by atoms with Gasteiger partial charge in [0.05, 0.1) is 0 Å².